The van der Waals surface area contributed by atoms with E-state index >= 15 is 0 Å². The highest BCUT2D eigenvalue weighted by Crippen LogP contribution is 2.34. The van der Waals surface area contributed by atoms with Crippen molar-refractivity contribution in [1.29, 1.82) is 0 Å². The van der Waals surface area contributed by atoms with Crippen molar-refractivity contribution in [3.8, 4) is 0 Å². The molecule has 3 aromatic rings. The van der Waals surface area contributed by atoms with Crippen molar-refractivity contribution in [3.05, 3.63) is 59.4 Å². The van der Waals surface area contributed by atoms with Crippen LogP contribution in [-0.4, -0.2) is 42.1 Å². The number of pyridine rings is 2. The van der Waals surface area contributed by atoms with Crippen LogP contribution < -0.4 is 15.5 Å². The summed E-state index contributed by atoms with van der Waals surface area (Å²) in [6.07, 6.45) is -1.57. The molecule has 0 radical (unpaired) electrons. The summed E-state index contributed by atoms with van der Waals surface area (Å²) in [5, 5.41) is 7.05. The fraction of sp³-hybridized carbons (Fsp3) is 0.400. The summed E-state index contributed by atoms with van der Waals surface area (Å²) in [5.41, 5.74) is 1.06. The van der Waals surface area contributed by atoms with Crippen molar-refractivity contribution in [2.24, 2.45) is 0 Å². The van der Waals surface area contributed by atoms with Gasteiger partial charge in [-0.05, 0) is 56.9 Å². The molecule has 4 rings (SSSR count). The fourth-order valence-electron chi connectivity index (χ4n) is 4.34. The number of aromatic nitrogens is 2. The number of nitrogens with one attached hydrogen (secondary N) is 2. The van der Waals surface area contributed by atoms with Gasteiger partial charge in [0, 0.05) is 37.3 Å². The molecule has 0 atom stereocenters. The van der Waals surface area contributed by atoms with E-state index in [1.54, 1.807) is 30.3 Å². The van der Waals surface area contributed by atoms with E-state index in [1.165, 1.54) is 0 Å². The molecule has 1 aliphatic rings. The normalized spacial score (nSPS) is 18.5. The highest BCUT2D eigenvalue weighted by molar-refractivity contribution is 5.95. The molecule has 1 amide bonds. The molecule has 34 heavy (non-hydrogen) atoms. The van der Waals surface area contributed by atoms with Crippen molar-refractivity contribution in [2.45, 2.75) is 50.9 Å². The predicted molar refractivity (Wildman–Crippen MR) is 127 cm³/mol. The minimum Gasteiger partial charge on any atom is -0.382 e. The van der Waals surface area contributed by atoms with Gasteiger partial charge in [-0.25, -0.2) is 9.97 Å². The first-order valence-electron chi connectivity index (χ1n) is 11.3. The summed E-state index contributed by atoms with van der Waals surface area (Å²) in [6.45, 7) is 1.82. The number of aryl methyl sites for hydroxylation is 1. The Hall–Kier alpha value is -3.36. The van der Waals surface area contributed by atoms with E-state index in [0.29, 0.717) is 27.8 Å². The molecule has 1 fully saturated rings. The standard InChI is InChI=1S/C25H28F3N5O/c1-15-18(12-13-23(29-15)33(2)3)24(34)31-17-10-8-16(9-11-17)30-21-14-22(25(26,27)28)32-20-7-5-4-6-19(20)21/h4-7,12-14,16-17H,8-11H2,1-3H3,(H,30,32)(H,31,34)/t16-,17+. The van der Waals surface area contributed by atoms with Gasteiger partial charge in [-0.2, -0.15) is 13.2 Å². The Morgan fingerprint density at radius 1 is 1.00 bits per heavy atom. The maximum absolute atomic E-state index is 13.3. The smallest absolute Gasteiger partial charge is 0.382 e. The number of hydrogen-bond donors (Lipinski definition) is 2. The van der Waals surface area contributed by atoms with E-state index in [9.17, 15) is 18.0 Å². The van der Waals surface area contributed by atoms with Crippen molar-refractivity contribution >= 4 is 28.3 Å². The Morgan fingerprint density at radius 2 is 1.68 bits per heavy atom. The van der Waals surface area contributed by atoms with Crippen LogP contribution in [0.1, 0.15) is 47.4 Å². The number of carbonyl (C=O) groups is 1. The van der Waals surface area contributed by atoms with Crippen LogP contribution in [0.4, 0.5) is 24.7 Å². The second-order valence-corrected chi connectivity index (χ2v) is 8.93. The van der Waals surface area contributed by atoms with Crippen LogP contribution in [0.15, 0.2) is 42.5 Å². The first-order chi connectivity index (χ1) is 16.1. The van der Waals surface area contributed by atoms with E-state index in [1.807, 2.05) is 32.0 Å². The molecule has 0 bridgehead atoms. The first kappa shape index (κ1) is 23.8. The third-order valence-corrected chi connectivity index (χ3v) is 6.20. The van der Waals surface area contributed by atoms with Gasteiger partial charge in [0.1, 0.15) is 11.5 Å². The van der Waals surface area contributed by atoms with Crippen molar-refractivity contribution in [2.75, 3.05) is 24.3 Å². The lowest BCUT2D eigenvalue weighted by Gasteiger charge is -2.31. The molecule has 2 aromatic heterocycles. The van der Waals surface area contributed by atoms with Gasteiger partial charge in [-0.3, -0.25) is 4.79 Å². The SMILES string of the molecule is Cc1nc(N(C)C)ccc1C(=O)N[C@H]1CC[C@@H](Nc2cc(C(F)(F)F)nc3ccccc23)CC1. The molecule has 180 valence electrons. The number of alkyl halides is 3. The fourth-order valence-corrected chi connectivity index (χ4v) is 4.34. The second kappa shape index (κ2) is 9.48. The Labute approximate surface area is 196 Å². The van der Waals surface area contributed by atoms with E-state index in [0.717, 1.165) is 37.6 Å². The zero-order valence-corrected chi connectivity index (χ0v) is 19.4. The van der Waals surface area contributed by atoms with Crippen LogP contribution >= 0.6 is 0 Å². The molecule has 1 aliphatic carbocycles. The molecule has 0 aliphatic heterocycles. The molecule has 0 unspecified atom stereocenters. The quantitative estimate of drug-likeness (QED) is 0.537. The number of benzene rings is 1. The van der Waals surface area contributed by atoms with Gasteiger partial charge in [0.2, 0.25) is 0 Å². The molecule has 1 aromatic carbocycles. The van der Waals surface area contributed by atoms with Gasteiger partial charge in [0.25, 0.3) is 5.91 Å². The number of amides is 1. The summed E-state index contributed by atoms with van der Waals surface area (Å²) in [5.74, 6) is 0.639. The number of halogens is 3. The lowest BCUT2D eigenvalue weighted by molar-refractivity contribution is -0.140. The Morgan fingerprint density at radius 3 is 2.32 bits per heavy atom. The second-order valence-electron chi connectivity index (χ2n) is 8.93. The molecular formula is C25H28F3N5O. The number of hydrogen-bond acceptors (Lipinski definition) is 5. The third-order valence-electron chi connectivity index (χ3n) is 6.20. The third kappa shape index (κ3) is 5.24. The minimum absolute atomic E-state index is 0.0124. The summed E-state index contributed by atoms with van der Waals surface area (Å²) < 4.78 is 40.0. The van der Waals surface area contributed by atoms with Gasteiger partial charge < -0.3 is 15.5 Å². The molecule has 2 heterocycles. The number of nitrogens with zero attached hydrogens (tertiary/aromatic N) is 3. The molecule has 6 nitrogen and oxygen atoms in total. The predicted octanol–water partition coefficient (Wildman–Crippen LogP) is 5.18. The number of rotatable bonds is 5. The number of fused-ring (bicyclic) bond motifs is 1. The number of para-hydroxylation sites is 1. The summed E-state index contributed by atoms with van der Waals surface area (Å²) >= 11 is 0. The van der Waals surface area contributed by atoms with Crippen molar-refractivity contribution < 1.29 is 18.0 Å². The van der Waals surface area contributed by atoms with Gasteiger partial charge >= 0.3 is 6.18 Å². The zero-order valence-electron chi connectivity index (χ0n) is 19.4. The largest absolute Gasteiger partial charge is 0.433 e. The van der Waals surface area contributed by atoms with E-state index < -0.39 is 11.9 Å². The van der Waals surface area contributed by atoms with Crippen LogP contribution in [0.3, 0.4) is 0 Å². The van der Waals surface area contributed by atoms with Gasteiger partial charge in [0.05, 0.1) is 16.8 Å². The van der Waals surface area contributed by atoms with E-state index in [4.69, 9.17) is 0 Å². The van der Waals surface area contributed by atoms with Crippen LogP contribution in [0.5, 0.6) is 0 Å². The average molecular weight is 472 g/mol. The molecular weight excluding hydrogens is 443 g/mol. The van der Waals surface area contributed by atoms with Crippen molar-refractivity contribution in [1.82, 2.24) is 15.3 Å². The van der Waals surface area contributed by atoms with Crippen LogP contribution in [0.2, 0.25) is 0 Å². The maximum atomic E-state index is 13.3. The molecule has 9 heteroatoms. The van der Waals surface area contributed by atoms with Gasteiger partial charge in [-0.1, -0.05) is 18.2 Å². The summed E-state index contributed by atoms with van der Waals surface area (Å²) in [7, 11) is 3.79. The highest BCUT2D eigenvalue weighted by atomic mass is 19.4. The highest BCUT2D eigenvalue weighted by Gasteiger charge is 2.34. The summed E-state index contributed by atoms with van der Waals surface area (Å²) in [6, 6.07) is 11.5. The number of carbonyl (C=O) groups excluding carboxylic acids is 1. The lowest BCUT2D eigenvalue weighted by Crippen LogP contribution is -2.40. The molecule has 2 N–H and O–H groups in total. The summed E-state index contributed by atoms with van der Waals surface area (Å²) in [4.78, 5) is 22.9. The van der Waals surface area contributed by atoms with Gasteiger partial charge in [-0.15, -0.1) is 0 Å². The Balaban J connectivity index is 1.40. The van der Waals surface area contributed by atoms with E-state index in [-0.39, 0.29) is 18.0 Å². The van der Waals surface area contributed by atoms with Crippen LogP contribution in [0.25, 0.3) is 10.9 Å². The molecule has 1 saturated carbocycles. The van der Waals surface area contributed by atoms with Gasteiger partial charge in [0.15, 0.2) is 0 Å². The zero-order chi connectivity index (χ0) is 24.5. The van der Waals surface area contributed by atoms with E-state index in [2.05, 4.69) is 20.6 Å². The maximum Gasteiger partial charge on any atom is 0.433 e. The molecule has 0 spiro atoms. The lowest BCUT2D eigenvalue weighted by atomic mass is 9.90. The average Bonchev–Trinajstić information content (AvgIpc) is 2.79. The Kier molecular flexibility index (Phi) is 6.63. The Bertz CT molecular complexity index is 1190. The topological polar surface area (TPSA) is 70.2 Å². The van der Waals surface area contributed by atoms with Crippen molar-refractivity contribution in [3.63, 3.8) is 0 Å². The van der Waals surface area contributed by atoms with Crippen LogP contribution in [-0.2, 0) is 6.18 Å². The van der Waals surface area contributed by atoms with Crippen LogP contribution in [0, 0.1) is 6.92 Å². The minimum atomic E-state index is -4.51. The monoisotopic (exact) mass is 471 g/mol. The molecule has 0 saturated heterocycles. The number of anilines is 2. The first-order valence-corrected chi connectivity index (χ1v) is 11.3.